The zero-order valence-electron chi connectivity index (χ0n) is 7.87. The van der Waals surface area contributed by atoms with E-state index in [-0.39, 0.29) is 11.8 Å². The Bertz CT molecular complexity index is 535. The van der Waals surface area contributed by atoms with E-state index in [0.29, 0.717) is 21.7 Å². The average molecular weight is 226 g/mol. The summed E-state index contributed by atoms with van der Waals surface area (Å²) in [5, 5.41) is 0.340. The summed E-state index contributed by atoms with van der Waals surface area (Å²) in [5.74, 6) is 5.07. The van der Waals surface area contributed by atoms with Crippen LogP contribution >= 0.6 is 11.6 Å². The minimum absolute atomic E-state index is 0.0796. The highest BCUT2D eigenvalue weighted by molar-refractivity contribution is 6.35. The van der Waals surface area contributed by atoms with Gasteiger partial charge in [0.25, 0.3) is 0 Å². The van der Waals surface area contributed by atoms with Gasteiger partial charge in [0.05, 0.1) is 5.02 Å². The van der Waals surface area contributed by atoms with Crippen LogP contribution in [0.5, 0.6) is 0 Å². The van der Waals surface area contributed by atoms with Crippen LogP contribution in [-0.4, -0.2) is 10.8 Å². The molecule has 0 saturated carbocycles. The van der Waals surface area contributed by atoms with Crippen molar-refractivity contribution in [3.05, 3.63) is 22.7 Å². The van der Waals surface area contributed by atoms with Crippen LogP contribution in [0.25, 0.3) is 11.1 Å². The van der Waals surface area contributed by atoms with Gasteiger partial charge in [0.2, 0.25) is 0 Å². The third-order valence-electron chi connectivity index (χ3n) is 1.97. The summed E-state index contributed by atoms with van der Waals surface area (Å²) in [6.45, 7) is 1.46. The van der Waals surface area contributed by atoms with Crippen LogP contribution in [0.4, 0.5) is 6.01 Å². The number of hydrogen-bond acceptors (Lipinski definition) is 5. The molecule has 15 heavy (non-hydrogen) atoms. The number of hydrogen-bond donors (Lipinski definition) is 2. The number of halogens is 1. The molecule has 0 saturated heterocycles. The molecule has 2 rings (SSSR count). The van der Waals surface area contributed by atoms with Crippen LogP contribution in [0.2, 0.25) is 5.02 Å². The Hall–Kier alpha value is -1.59. The maximum atomic E-state index is 11.2. The molecule has 0 radical (unpaired) electrons. The van der Waals surface area contributed by atoms with E-state index in [4.69, 9.17) is 21.9 Å². The molecule has 1 aromatic carbocycles. The van der Waals surface area contributed by atoms with Gasteiger partial charge < -0.3 is 4.42 Å². The highest BCUT2D eigenvalue weighted by Crippen LogP contribution is 2.27. The van der Waals surface area contributed by atoms with E-state index in [1.54, 1.807) is 6.07 Å². The van der Waals surface area contributed by atoms with Crippen LogP contribution in [0.15, 0.2) is 16.5 Å². The SMILES string of the molecule is CC(=O)c1cc(Cl)c2oc(NN)nc2c1. The maximum Gasteiger partial charge on any atom is 0.310 e. The molecule has 0 aliphatic heterocycles. The number of Topliss-reactive ketones (excluding diaryl/α,β-unsaturated/α-hetero) is 1. The summed E-state index contributed by atoms with van der Waals surface area (Å²) in [6.07, 6.45) is 0. The average Bonchev–Trinajstić information content (AvgIpc) is 2.61. The van der Waals surface area contributed by atoms with Crippen LogP contribution in [-0.2, 0) is 0 Å². The number of rotatable bonds is 2. The number of nitrogens with two attached hydrogens (primary N) is 1. The fraction of sp³-hybridized carbons (Fsp3) is 0.111. The van der Waals surface area contributed by atoms with E-state index in [9.17, 15) is 4.79 Å². The second kappa shape index (κ2) is 3.52. The van der Waals surface area contributed by atoms with Crippen molar-refractivity contribution in [1.29, 1.82) is 0 Å². The number of carbonyl (C=O) groups excluding carboxylic acids is 1. The summed E-state index contributed by atoms with van der Waals surface area (Å²) < 4.78 is 5.19. The number of oxazole rings is 1. The molecule has 2 aromatic rings. The lowest BCUT2D eigenvalue weighted by atomic mass is 10.1. The lowest BCUT2D eigenvalue weighted by Crippen LogP contribution is -2.06. The third kappa shape index (κ3) is 1.67. The van der Waals surface area contributed by atoms with E-state index in [1.165, 1.54) is 13.0 Å². The number of aromatic nitrogens is 1. The van der Waals surface area contributed by atoms with Crippen LogP contribution < -0.4 is 11.3 Å². The van der Waals surface area contributed by atoms with Crippen molar-refractivity contribution in [3.8, 4) is 0 Å². The van der Waals surface area contributed by atoms with Crippen molar-refractivity contribution >= 4 is 34.5 Å². The highest BCUT2D eigenvalue weighted by Gasteiger charge is 2.11. The number of nitrogen functional groups attached to an aromatic ring is 1. The fourth-order valence-corrected chi connectivity index (χ4v) is 1.51. The number of anilines is 1. The molecule has 1 aromatic heterocycles. The largest absolute Gasteiger partial charge is 0.421 e. The molecule has 0 bridgehead atoms. The van der Waals surface area contributed by atoms with Crippen molar-refractivity contribution in [2.45, 2.75) is 6.92 Å². The first kappa shape index (κ1) is 9.95. The van der Waals surface area contributed by atoms with Crippen LogP contribution in [0, 0.1) is 0 Å². The van der Waals surface area contributed by atoms with Crippen molar-refractivity contribution in [1.82, 2.24) is 4.98 Å². The molecule has 0 atom stereocenters. The second-order valence-electron chi connectivity index (χ2n) is 3.03. The summed E-state index contributed by atoms with van der Waals surface area (Å²) in [7, 11) is 0. The molecule has 0 fully saturated rings. The minimum Gasteiger partial charge on any atom is -0.421 e. The summed E-state index contributed by atoms with van der Waals surface area (Å²) >= 11 is 5.92. The van der Waals surface area contributed by atoms with Crippen molar-refractivity contribution in [2.75, 3.05) is 5.43 Å². The number of benzene rings is 1. The number of fused-ring (bicyclic) bond motifs is 1. The van der Waals surface area contributed by atoms with Crippen LogP contribution in [0.3, 0.4) is 0 Å². The lowest BCUT2D eigenvalue weighted by molar-refractivity contribution is 0.101. The first-order valence-electron chi connectivity index (χ1n) is 4.19. The smallest absolute Gasteiger partial charge is 0.310 e. The van der Waals surface area contributed by atoms with Gasteiger partial charge in [-0.2, -0.15) is 4.98 Å². The third-order valence-corrected chi connectivity index (χ3v) is 2.26. The molecule has 78 valence electrons. The molecule has 6 heteroatoms. The van der Waals surface area contributed by atoms with Gasteiger partial charge in [0.1, 0.15) is 5.52 Å². The zero-order chi connectivity index (χ0) is 11.0. The van der Waals surface area contributed by atoms with Gasteiger partial charge in [-0.1, -0.05) is 11.6 Å². The number of carbonyl (C=O) groups is 1. The van der Waals surface area contributed by atoms with E-state index in [2.05, 4.69) is 10.4 Å². The van der Waals surface area contributed by atoms with Gasteiger partial charge in [0.15, 0.2) is 11.4 Å². The number of ketones is 1. The Morgan fingerprint density at radius 1 is 1.60 bits per heavy atom. The van der Waals surface area contributed by atoms with Gasteiger partial charge in [0, 0.05) is 5.56 Å². The van der Waals surface area contributed by atoms with E-state index in [1.807, 2.05) is 0 Å². The standard InChI is InChI=1S/C9H8ClN3O2/c1-4(14)5-2-6(10)8-7(3-5)12-9(13-11)15-8/h2-3H,11H2,1H3,(H,12,13). The van der Waals surface area contributed by atoms with Gasteiger partial charge in [-0.25, -0.2) is 5.84 Å². The van der Waals surface area contributed by atoms with E-state index >= 15 is 0 Å². The molecule has 0 aliphatic rings. The normalized spacial score (nSPS) is 10.6. The monoisotopic (exact) mass is 225 g/mol. The maximum absolute atomic E-state index is 11.2. The first-order chi connectivity index (χ1) is 7.11. The molecule has 1 heterocycles. The molecular weight excluding hydrogens is 218 g/mol. The van der Waals surface area contributed by atoms with E-state index < -0.39 is 0 Å². The minimum atomic E-state index is -0.0796. The number of hydrazine groups is 1. The molecule has 0 aliphatic carbocycles. The lowest BCUT2D eigenvalue weighted by Gasteiger charge is -1.96. The highest BCUT2D eigenvalue weighted by atomic mass is 35.5. The number of nitrogens with zero attached hydrogens (tertiary/aromatic N) is 1. The Morgan fingerprint density at radius 3 is 2.93 bits per heavy atom. The molecule has 5 nitrogen and oxygen atoms in total. The second-order valence-corrected chi connectivity index (χ2v) is 3.43. The Morgan fingerprint density at radius 2 is 2.33 bits per heavy atom. The van der Waals surface area contributed by atoms with Crippen molar-refractivity contribution < 1.29 is 9.21 Å². The molecule has 0 unspecified atom stereocenters. The number of nitrogens with one attached hydrogen (secondary N) is 1. The molecule has 3 N–H and O–H groups in total. The van der Waals surface area contributed by atoms with Crippen LogP contribution in [0.1, 0.15) is 17.3 Å². The van der Waals surface area contributed by atoms with Gasteiger partial charge in [-0.3, -0.25) is 10.2 Å². The first-order valence-corrected chi connectivity index (χ1v) is 4.57. The van der Waals surface area contributed by atoms with Crippen molar-refractivity contribution in [2.24, 2.45) is 5.84 Å². The summed E-state index contributed by atoms with van der Waals surface area (Å²) in [4.78, 5) is 15.2. The predicted octanol–water partition coefficient (Wildman–Crippen LogP) is 1.97. The molecule has 0 amide bonds. The van der Waals surface area contributed by atoms with Gasteiger partial charge in [-0.05, 0) is 19.1 Å². The Balaban J connectivity index is 2.70. The Kier molecular flexibility index (Phi) is 2.34. The van der Waals surface area contributed by atoms with E-state index in [0.717, 1.165) is 0 Å². The van der Waals surface area contributed by atoms with Crippen molar-refractivity contribution in [3.63, 3.8) is 0 Å². The van der Waals surface area contributed by atoms with Gasteiger partial charge >= 0.3 is 6.01 Å². The molecular formula is C9H8ClN3O2. The Labute approximate surface area is 90.2 Å². The molecule has 0 spiro atoms. The fourth-order valence-electron chi connectivity index (χ4n) is 1.26. The topological polar surface area (TPSA) is 81.2 Å². The summed E-state index contributed by atoms with van der Waals surface area (Å²) in [5.41, 5.74) is 3.67. The quantitative estimate of drug-likeness (QED) is 0.464. The zero-order valence-corrected chi connectivity index (χ0v) is 8.63. The predicted molar refractivity (Wildman–Crippen MR) is 56.8 cm³/mol. The summed E-state index contributed by atoms with van der Waals surface area (Å²) in [6, 6.07) is 3.30. The van der Waals surface area contributed by atoms with Gasteiger partial charge in [-0.15, -0.1) is 0 Å².